The molecule has 1 heterocycles. The molecular formula is C16H25NO. The Labute approximate surface area is 111 Å². The van der Waals surface area contributed by atoms with E-state index in [1.54, 1.807) is 6.07 Å². The van der Waals surface area contributed by atoms with Crippen molar-refractivity contribution < 1.29 is 5.11 Å². The minimum atomic E-state index is 0.426. The molecule has 0 bridgehead atoms. The Morgan fingerprint density at radius 3 is 2.33 bits per heavy atom. The highest BCUT2D eigenvalue weighted by atomic mass is 16.3. The van der Waals surface area contributed by atoms with Crippen molar-refractivity contribution in [3.63, 3.8) is 0 Å². The van der Waals surface area contributed by atoms with Gasteiger partial charge in [0, 0.05) is 12.1 Å². The minimum absolute atomic E-state index is 0.426. The van der Waals surface area contributed by atoms with E-state index < -0.39 is 0 Å². The van der Waals surface area contributed by atoms with Gasteiger partial charge in [0.15, 0.2) is 0 Å². The number of piperidine rings is 1. The summed E-state index contributed by atoms with van der Waals surface area (Å²) in [6.07, 6.45) is 2.55. The molecule has 1 aromatic rings. The molecule has 1 fully saturated rings. The first kappa shape index (κ1) is 13.4. The van der Waals surface area contributed by atoms with Crippen LogP contribution in [-0.4, -0.2) is 23.1 Å². The molecule has 0 saturated carbocycles. The molecule has 1 aliphatic heterocycles. The molecule has 2 rings (SSSR count). The van der Waals surface area contributed by atoms with Crippen LogP contribution in [0, 0.1) is 11.3 Å². The summed E-state index contributed by atoms with van der Waals surface area (Å²) in [5.41, 5.74) is 1.48. The maximum Gasteiger partial charge on any atom is 0.120 e. The molecule has 0 radical (unpaired) electrons. The van der Waals surface area contributed by atoms with Crippen LogP contribution in [0.3, 0.4) is 0 Å². The van der Waals surface area contributed by atoms with E-state index in [1.165, 1.54) is 12.8 Å². The van der Waals surface area contributed by atoms with E-state index in [1.807, 2.05) is 18.2 Å². The maximum absolute atomic E-state index is 9.80. The van der Waals surface area contributed by atoms with Crippen molar-refractivity contribution in [1.29, 1.82) is 0 Å². The molecule has 1 aromatic carbocycles. The van der Waals surface area contributed by atoms with Crippen molar-refractivity contribution in [3.05, 3.63) is 29.8 Å². The normalized spacial score (nSPS) is 19.1. The number of para-hydroxylation sites is 1. The van der Waals surface area contributed by atoms with E-state index >= 15 is 0 Å². The topological polar surface area (TPSA) is 23.5 Å². The van der Waals surface area contributed by atoms with E-state index in [9.17, 15) is 5.11 Å². The molecule has 0 unspecified atom stereocenters. The molecule has 100 valence electrons. The van der Waals surface area contributed by atoms with E-state index in [-0.39, 0.29) is 0 Å². The standard InChI is InChI=1S/C16H25NO/c1-16(2,3)14-8-10-17(11-9-14)12-13-6-4-5-7-15(13)18/h4-7,14,18H,8-12H2,1-3H3. The second-order valence-electron chi connectivity index (χ2n) is 6.55. The second kappa shape index (κ2) is 5.31. The maximum atomic E-state index is 9.80. The summed E-state index contributed by atoms with van der Waals surface area (Å²) in [6.45, 7) is 10.2. The summed E-state index contributed by atoms with van der Waals surface area (Å²) >= 11 is 0. The summed E-state index contributed by atoms with van der Waals surface area (Å²) in [4.78, 5) is 2.46. The fraction of sp³-hybridized carbons (Fsp3) is 0.625. The average molecular weight is 247 g/mol. The largest absolute Gasteiger partial charge is 0.508 e. The van der Waals surface area contributed by atoms with Crippen LogP contribution in [0.1, 0.15) is 39.2 Å². The average Bonchev–Trinajstić information content (AvgIpc) is 2.32. The highest BCUT2D eigenvalue weighted by molar-refractivity contribution is 5.31. The number of rotatable bonds is 2. The van der Waals surface area contributed by atoms with Crippen LogP contribution in [-0.2, 0) is 6.54 Å². The van der Waals surface area contributed by atoms with Gasteiger partial charge in [-0.15, -0.1) is 0 Å². The molecule has 0 aliphatic carbocycles. The lowest BCUT2D eigenvalue weighted by atomic mass is 9.75. The Bertz CT molecular complexity index is 386. The van der Waals surface area contributed by atoms with E-state index in [0.717, 1.165) is 31.1 Å². The molecule has 0 amide bonds. The number of phenols is 1. The van der Waals surface area contributed by atoms with Gasteiger partial charge in [-0.05, 0) is 43.3 Å². The number of nitrogens with zero attached hydrogens (tertiary/aromatic N) is 1. The van der Waals surface area contributed by atoms with Crippen molar-refractivity contribution in [1.82, 2.24) is 4.90 Å². The van der Waals surface area contributed by atoms with Crippen molar-refractivity contribution in [3.8, 4) is 5.75 Å². The summed E-state index contributed by atoms with van der Waals surface area (Å²) in [6, 6.07) is 7.67. The fourth-order valence-corrected chi connectivity index (χ4v) is 2.84. The van der Waals surface area contributed by atoms with Crippen molar-refractivity contribution >= 4 is 0 Å². The number of aromatic hydroxyl groups is 1. The van der Waals surface area contributed by atoms with Crippen LogP contribution in [0.2, 0.25) is 0 Å². The van der Waals surface area contributed by atoms with Crippen LogP contribution in [0.25, 0.3) is 0 Å². The van der Waals surface area contributed by atoms with E-state index in [4.69, 9.17) is 0 Å². The van der Waals surface area contributed by atoms with Crippen LogP contribution in [0.15, 0.2) is 24.3 Å². The number of hydrogen-bond donors (Lipinski definition) is 1. The molecule has 0 atom stereocenters. The highest BCUT2D eigenvalue weighted by Crippen LogP contribution is 2.34. The van der Waals surface area contributed by atoms with Gasteiger partial charge >= 0.3 is 0 Å². The van der Waals surface area contributed by atoms with Gasteiger partial charge < -0.3 is 5.11 Å². The monoisotopic (exact) mass is 247 g/mol. The molecule has 18 heavy (non-hydrogen) atoms. The van der Waals surface area contributed by atoms with Gasteiger partial charge in [0.25, 0.3) is 0 Å². The van der Waals surface area contributed by atoms with Gasteiger partial charge in [-0.25, -0.2) is 0 Å². The lowest BCUT2D eigenvalue weighted by molar-refractivity contribution is 0.107. The zero-order valence-electron chi connectivity index (χ0n) is 11.8. The highest BCUT2D eigenvalue weighted by Gasteiger charge is 2.28. The number of benzene rings is 1. The third kappa shape index (κ3) is 3.26. The van der Waals surface area contributed by atoms with Crippen LogP contribution in [0.5, 0.6) is 5.75 Å². The van der Waals surface area contributed by atoms with Gasteiger partial charge in [0.1, 0.15) is 5.75 Å². The SMILES string of the molecule is CC(C)(C)C1CCN(Cc2ccccc2O)CC1. The molecule has 2 nitrogen and oxygen atoms in total. The smallest absolute Gasteiger partial charge is 0.120 e. The van der Waals surface area contributed by atoms with Crippen molar-refractivity contribution in [2.75, 3.05) is 13.1 Å². The van der Waals surface area contributed by atoms with Crippen LogP contribution < -0.4 is 0 Å². The zero-order chi connectivity index (χ0) is 13.2. The quantitative estimate of drug-likeness (QED) is 0.862. The predicted molar refractivity (Wildman–Crippen MR) is 75.6 cm³/mol. The van der Waals surface area contributed by atoms with Gasteiger partial charge in [-0.2, -0.15) is 0 Å². The lowest BCUT2D eigenvalue weighted by Crippen LogP contribution is -2.37. The zero-order valence-corrected chi connectivity index (χ0v) is 11.8. The summed E-state index contributed by atoms with van der Waals surface area (Å²) in [5, 5.41) is 9.80. The Balaban J connectivity index is 1.90. The second-order valence-corrected chi connectivity index (χ2v) is 6.55. The molecular weight excluding hydrogens is 222 g/mol. The Kier molecular flexibility index (Phi) is 3.96. The summed E-state index contributed by atoms with van der Waals surface area (Å²) in [7, 11) is 0. The van der Waals surface area contributed by atoms with Gasteiger partial charge in [0.05, 0.1) is 0 Å². The molecule has 2 heteroatoms. The fourth-order valence-electron chi connectivity index (χ4n) is 2.84. The summed E-state index contributed by atoms with van der Waals surface area (Å²) < 4.78 is 0. The molecule has 0 aromatic heterocycles. The Morgan fingerprint density at radius 2 is 1.78 bits per heavy atom. The van der Waals surface area contributed by atoms with Gasteiger partial charge in [0.2, 0.25) is 0 Å². The predicted octanol–water partition coefficient (Wildman–Crippen LogP) is 3.65. The third-order valence-electron chi connectivity index (χ3n) is 4.20. The summed E-state index contributed by atoms with van der Waals surface area (Å²) in [5.74, 6) is 1.26. The number of likely N-dealkylation sites (tertiary alicyclic amines) is 1. The Morgan fingerprint density at radius 1 is 1.17 bits per heavy atom. The molecule has 1 aliphatic rings. The minimum Gasteiger partial charge on any atom is -0.508 e. The first-order valence-corrected chi connectivity index (χ1v) is 6.96. The molecule has 1 N–H and O–H groups in total. The Hall–Kier alpha value is -1.02. The molecule has 0 spiro atoms. The van der Waals surface area contributed by atoms with Crippen LogP contribution >= 0.6 is 0 Å². The first-order valence-electron chi connectivity index (χ1n) is 6.96. The number of phenolic OH excluding ortho intramolecular Hbond substituents is 1. The van der Waals surface area contributed by atoms with Gasteiger partial charge in [-0.3, -0.25) is 4.90 Å². The van der Waals surface area contributed by atoms with E-state index in [2.05, 4.69) is 25.7 Å². The molecule has 1 saturated heterocycles. The first-order chi connectivity index (χ1) is 8.47. The third-order valence-corrected chi connectivity index (χ3v) is 4.20. The van der Waals surface area contributed by atoms with Crippen molar-refractivity contribution in [2.24, 2.45) is 11.3 Å². The van der Waals surface area contributed by atoms with Crippen molar-refractivity contribution in [2.45, 2.75) is 40.2 Å². The van der Waals surface area contributed by atoms with Crippen LogP contribution in [0.4, 0.5) is 0 Å². The van der Waals surface area contributed by atoms with E-state index in [0.29, 0.717) is 11.2 Å². The lowest BCUT2D eigenvalue weighted by Gasteiger charge is -2.38. The van der Waals surface area contributed by atoms with Gasteiger partial charge in [-0.1, -0.05) is 39.0 Å². The number of hydrogen-bond acceptors (Lipinski definition) is 2.